The first-order chi connectivity index (χ1) is 7.99. The van der Waals surface area contributed by atoms with Gasteiger partial charge in [-0.1, -0.05) is 32.4 Å². The number of hydrogen-bond acceptors (Lipinski definition) is 2. The van der Waals surface area contributed by atoms with Gasteiger partial charge in [-0.25, -0.2) is 0 Å². The van der Waals surface area contributed by atoms with Crippen LogP contribution in [0.3, 0.4) is 0 Å². The summed E-state index contributed by atoms with van der Waals surface area (Å²) in [7, 11) is 0. The van der Waals surface area contributed by atoms with Crippen molar-refractivity contribution in [2.75, 3.05) is 0 Å². The molecule has 0 bridgehead atoms. The number of benzene rings is 1. The Morgan fingerprint density at radius 3 is 2.53 bits per heavy atom. The highest BCUT2D eigenvalue weighted by Crippen LogP contribution is 2.31. The van der Waals surface area contributed by atoms with Gasteiger partial charge in [0, 0.05) is 10.4 Å². The molecular formula is C14H18ClNO. The summed E-state index contributed by atoms with van der Waals surface area (Å²) in [6.07, 6.45) is 0. The van der Waals surface area contributed by atoms with Crippen LogP contribution in [0.5, 0.6) is 0 Å². The molecule has 2 nitrogen and oxygen atoms in total. The van der Waals surface area contributed by atoms with E-state index in [9.17, 15) is 0 Å². The van der Waals surface area contributed by atoms with Crippen LogP contribution < -0.4 is 5.73 Å². The molecule has 0 aliphatic heterocycles. The van der Waals surface area contributed by atoms with Crippen LogP contribution in [0, 0.1) is 11.8 Å². The van der Waals surface area contributed by atoms with Crippen molar-refractivity contribution in [3.05, 3.63) is 35.0 Å². The van der Waals surface area contributed by atoms with Crippen LogP contribution in [0.4, 0.5) is 0 Å². The Morgan fingerprint density at radius 1 is 1.18 bits per heavy atom. The molecule has 2 unspecified atom stereocenters. The number of fused-ring (bicyclic) bond motifs is 1. The van der Waals surface area contributed by atoms with Crippen molar-refractivity contribution < 1.29 is 4.42 Å². The minimum absolute atomic E-state index is 0.0684. The van der Waals surface area contributed by atoms with Crippen LogP contribution in [0.25, 0.3) is 11.0 Å². The van der Waals surface area contributed by atoms with E-state index in [0.717, 1.165) is 21.8 Å². The van der Waals surface area contributed by atoms with Gasteiger partial charge >= 0.3 is 0 Å². The average Bonchev–Trinajstić information content (AvgIpc) is 2.69. The summed E-state index contributed by atoms with van der Waals surface area (Å²) in [5.41, 5.74) is 7.06. The van der Waals surface area contributed by atoms with Gasteiger partial charge in [-0.3, -0.25) is 0 Å². The topological polar surface area (TPSA) is 39.2 Å². The Bertz CT molecular complexity index is 518. The molecule has 0 saturated carbocycles. The number of nitrogens with two attached hydrogens (primary N) is 1. The Hall–Kier alpha value is -0.990. The van der Waals surface area contributed by atoms with Gasteiger partial charge in [0.25, 0.3) is 0 Å². The number of rotatable bonds is 3. The smallest absolute Gasteiger partial charge is 0.134 e. The monoisotopic (exact) mass is 251 g/mol. The predicted octanol–water partition coefficient (Wildman–Crippen LogP) is 4.38. The van der Waals surface area contributed by atoms with Gasteiger partial charge in [0.2, 0.25) is 0 Å². The summed E-state index contributed by atoms with van der Waals surface area (Å²) in [4.78, 5) is 0. The molecule has 0 fully saturated rings. The second kappa shape index (κ2) is 4.71. The summed E-state index contributed by atoms with van der Waals surface area (Å²) >= 11 is 5.95. The molecule has 0 aliphatic rings. The lowest BCUT2D eigenvalue weighted by Gasteiger charge is -2.21. The second-order valence-electron chi connectivity index (χ2n) is 4.96. The first-order valence-electron chi connectivity index (χ1n) is 5.93. The highest BCUT2D eigenvalue weighted by molar-refractivity contribution is 6.31. The third-order valence-corrected chi connectivity index (χ3v) is 3.68. The molecule has 0 saturated heterocycles. The van der Waals surface area contributed by atoms with Crippen LogP contribution in [0.1, 0.15) is 32.6 Å². The van der Waals surface area contributed by atoms with Crippen LogP contribution in [0.15, 0.2) is 28.7 Å². The summed E-state index contributed by atoms with van der Waals surface area (Å²) in [6, 6.07) is 7.53. The maximum absolute atomic E-state index is 6.21. The molecule has 0 spiro atoms. The zero-order chi connectivity index (χ0) is 12.6. The third kappa shape index (κ3) is 2.48. The van der Waals surface area contributed by atoms with Crippen molar-refractivity contribution >= 4 is 22.6 Å². The van der Waals surface area contributed by atoms with Crippen LogP contribution in [-0.2, 0) is 0 Å². The van der Waals surface area contributed by atoms with Gasteiger partial charge in [-0.05, 0) is 36.1 Å². The molecular weight excluding hydrogens is 234 g/mol. The van der Waals surface area contributed by atoms with Crippen LogP contribution in [-0.4, -0.2) is 0 Å². The van der Waals surface area contributed by atoms with E-state index in [-0.39, 0.29) is 6.04 Å². The van der Waals surface area contributed by atoms with Crippen molar-refractivity contribution in [2.24, 2.45) is 17.6 Å². The standard InChI is InChI=1S/C14H18ClNO/c1-8(2)9(3)14(16)13-7-10-6-11(15)4-5-12(10)17-13/h4-9,14H,16H2,1-3H3. The maximum Gasteiger partial charge on any atom is 0.134 e. The lowest BCUT2D eigenvalue weighted by atomic mass is 9.89. The molecule has 3 heteroatoms. The van der Waals surface area contributed by atoms with Crippen molar-refractivity contribution in [1.82, 2.24) is 0 Å². The molecule has 2 atom stereocenters. The molecule has 2 N–H and O–H groups in total. The van der Waals surface area contributed by atoms with Gasteiger partial charge < -0.3 is 10.2 Å². The first-order valence-corrected chi connectivity index (χ1v) is 6.31. The Balaban J connectivity index is 2.36. The predicted molar refractivity (Wildman–Crippen MR) is 72.2 cm³/mol. The Kier molecular flexibility index (Phi) is 3.45. The van der Waals surface area contributed by atoms with Crippen molar-refractivity contribution in [2.45, 2.75) is 26.8 Å². The fraction of sp³-hybridized carbons (Fsp3) is 0.429. The highest BCUT2D eigenvalue weighted by atomic mass is 35.5. The van der Waals surface area contributed by atoms with E-state index in [1.165, 1.54) is 0 Å². The minimum atomic E-state index is -0.0684. The molecule has 1 aromatic heterocycles. The SMILES string of the molecule is CC(C)C(C)C(N)c1cc2cc(Cl)ccc2o1. The minimum Gasteiger partial charge on any atom is -0.459 e. The van der Waals surface area contributed by atoms with Crippen LogP contribution >= 0.6 is 11.6 Å². The molecule has 0 radical (unpaired) electrons. The normalized spacial score (nSPS) is 15.4. The van der Waals surface area contributed by atoms with E-state index >= 15 is 0 Å². The Morgan fingerprint density at radius 2 is 1.88 bits per heavy atom. The van der Waals surface area contributed by atoms with E-state index < -0.39 is 0 Å². The maximum atomic E-state index is 6.21. The van der Waals surface area contributed by atoms with Crippen molar-refractivity contribution in [3.8, 4) is 0 Å². The Labute approximate surface area is 107 Å². The van der Waals surface area contributed by atoms with Crippen molar-refractivity contribution in [1.29, 1.82) is 0 Å². The van der Waals surface area contributed by atoms with E-state index in [0.29, 0.717) is 11.8 Å². The third-order valence-electron chi connectivity index (χ3n) is 3.44. The zero-order valence-corrected chi connectivity index (χ0v) is 11.2. The lowest BCUT2D eigenvalue weighted by molar-refractivity contribution is 0.317. The molecule has 1 aromatic carbocycles. The summed E-state index contributed by atoms with van der Waals surface area (Å²) in [5.74, 6) is 1.75. The number of furan rings is 1. The molecule has 1 heterocycles. The molecule has 0 aliphatic carbocycles. The van der Waals surface area contributed by atoms with Gasteiger partial charge in [0.1, 0.15) is 11.3 Å². The number of hydrogen-bond donors (Lipinski definition) is 1. The summed E-state index contributed by atoms with van der Waals surface area (Å²) in [6.45, 7) is 6.49. The molecule has 2 aromatic rings. The highest BCUT2D eigenvalue weighted by Gasteiger charge is 2.21. The van der Waals surface area contributed by atoms with Gasteiger partial charge in [0.15, 0.2) is 0 Å². The van der Waals surface area contributed by atoms with E-state index in [4.69, 9.17) is 21.8 Å². The van der Waals surface area contributed by atoms with Crippen LogP contribution in [0.2, 0.25) is 5.02 Å². The van der Waals surface area contributed by atoms with Gasteiger partial charge in [-0.15, -0.1) is 0 Å². The van der Waals surface area contributed by atoms with E-state index in [1.807, 2.05) is 24.3 Å². The first kappa shape index (κ1) is 12.5. The molecule has 17 heavy (non-hydrogen) atoms. The molecule has 92 valence electrons. The zero-order valence-electron chi connectivity index (χ0n) is 10.4. The number of halogens is 1. The summed E-state index contributed by atoms with van der Waals surface area (Å²) < 4.78 is 5.77. The van der Waals surface area contributed by atoms with E-state index in [1.54, 1.807) is 0 Å². The fourth-order valence-corrected chi connectivity index (χ4v) is 2.05. The lowest BCUT2D eigenvalue weighted by Crippen LogP contribution is -2.22. The average molecular weight is 252 g/mol. The molecule has 2 rings (SSSR count). The largest absolute Gasteiger partial charge is 0.459 e. The molecule has 0 amide bonds. The van der Waals surface area contributed by atoms with E-state index in [2.05, 4.69) is 20.8 Å². The summed E-state index contributed by atoms with van der Waals surface area (Å²) in [5, 5.41) is 1.73. The van der Waals surface area contributed by atoms with Crippen molar-refractivity contribution in [3.63, 3.8) is 0 Å². The second-order valence-corrected chi connectivity index (χ2v) is 5.40. The fourth-order valence-electron chi connectivity index (χ4n) is 1.87. The van der Waals surface area contributed by atoms with Gasteiger partial charge in [0.05, 0.1) is 6.04 Å². The quantitative estimate of drug-likeness (QED) is 0.879. The van der Waals surface area contributed by atoms with Gasteiger partial charge in [-0.2, -0.15) is 0 Å².